The number of rotatable bonds is 4. The van der Waals surface area contributed by atoms with E-state index in [2.05, 4.69) is 17.9 Å². The molecular formula is C24H25N3O4. The Hall–Kier alpha value is -3.61. The number of hydrogen-bond donors (Lipinski definition) is 0. The fourth-order valence-electron chi connectivity index (χ4n) is 3.88. The molecule has 0 atom stereocenters. The zero-order valence-electron chi connectivity index (χ0n) is 17.9. The van der Waals surface area contributed by atoms with Crippen molar-refractivity contribution in [3.63, 3.8) is 0 Å². The van der Waals surface area contributed by atoms with Gasteiger partial charge in [-0.2, -0.15) is 0 Å². The molecule has 0 spiro atoms. The minimum Gasteiger partial charge on any atom is -0.494 e. The zero-order valence-corrected chi connectivity index (χ0v) is 17.9. The first-order chi connectivity index (χ1) is 15.0. The zero-order chi connectivity index (χ0) is 22.0. The smallest absolute Gasteiger partial charge is 0.308 e. The first-order valence-electron chi connectivity index (χ1n) is 10.2. The molecule has 7 heteroatoms. The van der Waals surface area contributed by atoms with Crippen LogP contribution in [0.25, 0.3) is 10.9 Å². The molecule has 1 amide bonds. The van der Waals surface area contributed by atoms with Gasteiger partial charge in [0.1, 0.15) is 22.8 Å². The third kappa shape index (κ3) is 4.30. The van der Waals surface area contributed by atoms with Crippen molar-refractivity contribution in [1.82, 2.24) is 9.88 Å². The van der Waals surface area contributed by atoms with Crippen LogP contribution < -0.4 is 14.4 Å². The SMILES string of the molecule is COc1cccc2c(C)cc(N3CCN(C(=O)c4cccc(OC(C)=O)c4)CC3)nc12. The van der Waals surface area contributed by atoms with Gasteiger partial charge in [-0.1, -0.05) is 18.2 Å². The lowest BCUT2D eigenvalue weighted by Gasteiger charge is -2.35. The minimum absolute atomic E-state index is 0.0713. The van der Waals surface area contributed by atoms with Crippen molar-refractivity contribution in [2.75, 3.05) is 38.2 Å². The largest absolute Gasteiger partial charge is 0.494 e. The van der Waals surface area contributed by atoms with E-state index < -0.39 is 5.97 Å². The lowest BCUT2D eigenvalue weighted by atomic mass is 10.1. The molecule has 0 saturated carbocycles. The first kappa shape index (κ1) is 20.7. The molecule has 3 aromatic rings. The number of amides is 1. The van der Waals surface area contributed by atoms with E-state index in [-0.39, 0.29) is 5.91 Å². The number of benzene rings is 2. The third-order valence-electron chi connectivity index (χ3n) is 5.45. The number of ether oxygens (including phenoxy) is 2. The summed E-state index contributed by atoms with van der Waals surface area (Å²) in [5.74, 6) is 1.54. The minimum atomic E-state index is -0.409. The number of esters is 1. The predicted molar refractivity (Wildman–Crippen MR) is 119 cm³/mol. The molecule has 0 bridgehead atoms. The number of carbonyl (C=O) groups is 2. The molecule has 4 rings (SSSR count). The van der Waals surface area contributed by atoms with E-state index in [1.165, 1.54) is 6.92 Å². The van der Waals surface area contributed by atoms with Gasteiger partial charge in [-0.05, 0) is 42.8 Å². The molecule has 1 fully saturated rings. The number of aromatic nitrogens is 1. The summed E-state index contributed by atoms with van der Waals surface area (Å²) in [4.78, 5) is 33.0. The lowest BCUT2D eigenvalue weighted by Crippen LogP contribution is -2.49. The van der Waals surface area contributed by atoms with E-state index in [4.69, 9.17) is 14.5 Å². The molecule has 0 aliphatic carbocycles. The van der Waals surface area contributed by atoms with Crippen LogP contribution in [0.2, 0.25) is 0 Å². The summed E-state index contributed by atoms with van der Waals surface area (Å²) in [6.07, 6.45) is 0. The highest BCUT2D eigenvalue weighted by Crippen LogP contribution is 2.29. The second-order valence-corrected chi connectivity index (χ2v) is 7.55. The molecule has 0 radical (unpaired) electrons. The van der Waals surface area contributed by atoms with Crippen LogP contribution in [0.1, 0.15) is 22.8 Å². The van der Waals surface area contributed by atoms with Crippen molar-refractivity contribution in [2.24, 2.45) is 0 Å². The summed E-state index contributed by atoms with van der Waals surface area (Å²) >= 11 is 0. The van der Waals surface area contributed by atoms with Crippen LogP contribution in [0.4, 0.5) is 5.82 Å². The molecule has 0 unspecified atom stereocenters. The van der Waals surface area contributed by atoms with Gasteiger partial charge >= 0.3 is 5.97 Å². The summed E-state index contributed by atoms with van der Waals surface area (Å²) in [7, 11) is 1.65. The fraction of sp³-hybridized carbons (Fsp3) is 0.292. The number of aryl methyl sites for hydroxylation is 1. The Labute approximate surface area is 181 Å². The Kier molecular flexibility index (Phi) is 5.75. The van der Waals surface area contributed by atoms with Gasteiger partial charge in [-0.15, -0.1) is 0 Å². The average Bonchev–Trinajstić information content (AvgIpc) is 2.78. The molecule has 1 saturated heterocycles. The highest BCUT2D eigenvalue weighted by Gasteiger charge is 2.24. The van der Waals surface area contributed by atoms with E-state index in [0.29, 0.717) is 37.5 Å². The van der Waals surface area contributed by atoms with Crippen molar-refractivity contribution in [1.29, 1.82) is 0 Å². The van der Waals surface area contributed by atoms with Crippen molar-refractivity contribution >= 4 is 28.6 Å². The molecule has 1 aliphatic heterocycles. The molecule has 2 heterocycles. The first-order valence-corrected chi connectivity index (χ1v) is 10.2. The van der Waals surface area contributed by atoms with E-state index in [0.717, 1.165) is 28.0 Å². The maximum atomic E-state index is 12.9. The monoisotopic (exact) mass is 419 g/mol. The van der Waals surface area contributed by atoms with E-state index in [1.807, 2.05) is 23.1 Å². The number of piperazine rings is 1. The number of nitrogens with zero attached hydrogens (tertiary/aromatic N) is 3. The van der Waals surface area contributed by atoms with Crippen LogP contribution in [0.3, 0.4) is 0 Å². The predicted octanol–water partition coefficient (Wildman–Crippen LogP) is 3.44. The second kappa shape index (κ2) is 8.63. The van der Waals surface area contributed by atoms with Crippen LogP contribution in [0.5, 0.6) is 11.5 Å². The van der Waals surface area contributed by atoms with Crippen LogP contribution >= 0.6 is 0 Å². The third-order valence-corrected chi connectivity index (χ3v) is 5.45. The van der Waals surface area contributed by atoms with Gasteiger partial charge in [-0.3, -0.25) is 9.59 Å². The molecule has 7 nitrogen and oxygen atoms in total. The molecule has 2 aromatic carbocycles. The van der Waals surface area contributed by atoms with E-state index >= 15 is 0 Å². The van der Waals surface area contributed by atoms with Gasteiger partial charge < -0.3 is 19.3 Å². The van der Waals surface area contributed by atoms with E-state index in [1.54, 1.807) is 31.4 Å². The average molecular weight is 419 g/mol. The standard InChI is InChI=1S/C24H25N3O4/c1-16-14-22(25-23-20(16)8-5-9-21(23)30-3)26-10-12-27(13-11-26)24(29)18-6-4-7-19(15-18)31-17(2)28/h4-9,14-15H,10-13H2,1-3H3. The lowest BCUT2D eigenvalue weighted by molar-refractivity contribution is -0.131. The van der Waals surface area contributed by atoms with Crippen molar-refractivity contribution in [2.45, 2.75) is 13.8 Å². The topological polar surface area (TPSA) is 72.0 Å². The Morgan fingerprint density at radius 2 is 1.74 bits per heavy atom. The summed E-state index contributed by atoms with van der Waals surface area (Å²) < 4.78 is 10.6. The summed E-state index contributed by atoms with van der Waals surface area (Å²) in [5, 5.41) is 1.07. The number of fused-ring (bicyclic) bond motifs is 1. The van der Waals surface area contributed by atoms with Gasteiger partial charge in [0.05, 0.1) is 7.11 Å². The van der Waals surface area contributed by atoms with Crippen LogP contribution in [0, 0.1) is 6.92 Å². The number of anilines is 1. The number of carbonyl (C=O) groups excluding carboxylic acids is 2. The molecular weight excluding hydrogens is 394 g/mol. The fourth-order valence-corrected chi connectivity index (χ4v) is 3.88. The second-order valence-electron chi connectivity index (χ2n) is 7.55. The quantitative estimate of drug-likeness (QED) is 0.477. The normalized spacial score (nSPS) is 13.9. The van der Waals surface area contributed by atoms with Gasteiger partial charge in [0.2, 0.25) is 0 Å². The van der Waals surface area contributed by atoms with E-state index in [9.17, 15) is 9.59 Å². The van der Waals surface area contributed by atoms with Gasteiger partial charge in [0.15, 0.2) is 0 Å². The summed E-state index contributed by atoms with van der Waals surface area (Å²) in [5.41, 5.74) is 2.50. The van der Waals surface area contributed by atoms with Gasteiger partial charge in [0.25, 0.3) is 5.91 Å². The molecule has 31 heavy (non-hydrogen) atoms. The van der Waals surface area contributed by atoms with Crippen LogP contribution in [0.15, 0.2) is 48.5 Å². The summed E-state index contributed by atoms with van der Waals surface area (Å²) in [6.45, 7) is 5.95. The molecule has 1 aliphatic rings. The highest BCUT2D eigenvalue weighted by atomic mass is 16.5. The summed E-state index contributed by atoms with van der Waals surface area (Å²) in [6, 6.07) is 14.7. The van der Waals surface area contributed by atoms with Crippen molar-refractivity contribution in [3.8, 4) is 11.5 Å². The Morgan fingerprint density at radius 3 is 2.45 bits per heavy atom. The maximum absolute atomic E-state index is 12.9. The number of para-hydroxylation sites is 1. The molecule has 160 valence electrons. The number of methoxy groups -OCH3 is 1. The maximum Gasteiger partial charge on any atom is 0.308 e. The number of hydrogen-bond acceptors (Lipinski definition) is 6. The van der Waals surface area contributed by atoms with Gasteiger partial charge in [0, 0.05) is 44.1 Å². The molecule has 0 N–H and O–H groups in total. The van der Waals surface area contributed by atoms with Crippen molar-refractivity contribution in [3.05, 3.63) is 59.7 Å². The van der Waals surface area contributed by atoms with Crippen molar-refractivity contribution < 1.29 is 19.1 Å². The highest BCUT2D eigenvalue weighted by molar-refractivity contribution is 5.95. The van der Waals surface area contributed by atoms with Gasteiger partial charge in [-0.25, -0.2) is 4.98 Å². The Bertz CT molecular complexity index is 1140. The van der Waals surface area contributed by atoms with Crippen LogP contribution in [-0.2, 0) is 4.79 Å². The Balaban J connectivity index is 1.49. The Morgan fingerprint density at radius 1 is 1.00 bits per heavy atom. The van der Waals surface area contributed by atoms with Crippen LogP contribution in [-0.4, -0.2) is 55.0 Å². The molecule has 1 aromatic heterocycles. The number of pyridine rings is 1.